The first kappa shape index (κ1) is 24.6. The van der Waals surface area contributed by atoms with Crippen LogP contribution in [0.3, 0.4) is 0 Å². The Balaban J connectivity index is 1.69. The highest BCUT2D eigenvalue weighted by Gasteiger charge is 2.42. The van der Waals surface area contributed by atoms with Crippen molar-refractivity contribution in [2.24, 2.45) is 0 Å². The van der Waals surface area contributed by atoms with Crippen molar-refractivity contribution in [1.82, 2.24) is 0 Å². The van der Waals surface area contributed by atoms with Crippen LogP contribution in [0.25, 0.3) is 0 Å². The van der Waals surface area contributed by atoms with Gasteiger partial charge in [-0.3, -0.25) is 9.59 Å². The fraction of sp³-hybridized carbons (Fsp3) is 0.148. The Labute approximate surface area is 213 Å². The van der Waals surface area contributed by atoms with Crippen LogP contribution in [-0.4, -0.2) is 31.4 Å². The third kappa shape index (κ3) is 5.26. The summed E-state index contributed by atoms with van der Waals surface area (Å²) in [6.07, 6.45) is 0.720. The molecule has 0 spiro atoms. The lowest BCUT2D eigenvalue weighted by Gasteiger charge is -2.21. The molecule has 0 saturated carbocycles. The molecule has 0 aromatic heterocycles. The second-order valence-electron chi connectivity index (χ2n) is 7.76. The summed E-state index contributed by atoms with van der Waals surface area (Å²) in [7, 11) is 1.76. The number of esters is 1. The number of para-hydroxylation sites is 1. The highest BCUT2D eigenvalue weighted by molar-refractivity contribution is 8.04. The summed E-state index contributed by atoms with van der Waals surface area (Å²) >= 11 is 7.23. The van der Waals surface area contributed by atoms with Crippen molar-refractivity contribution < 1.29 is 19.1 Å². The smallest absolute Gasteiger partial charge is 0.338 e. The molecular formula is C27H23ClN2O4S. The van der Waals surface area contributed by atoms with E-state index in [-0.39, 0.29) is 5.70 Å². The Bertz CT molecular complexity index is 1270. The molecule has 0 fully saturated rings. The Morgan fingerprint density at radius 3 is 2.23 bits per heavy atom. The van der Waals surface area contributed by atoms with Crippen LogP contribution in [0.5, 0.6) is 0 Å². The molecule has 0 atom stereocenters. The number of halogens is 1. The molecule has 178 valence electrons. The number of hydrogen-bond donors (Lipinski definition) is 0. The lowest BCUT2D eigenvalue weighted by atomic mass is 10.2. The largest absolute Gasteiger partial charge is 0.462 e. The van der Waals surface area contributed by atoms with Gasteiger partial charge < -0.3 is 9.64 Å². The van der Waals surface area contributed by atoms with E-state index in [4.69, 9.17) is 16.3 Å². The molecule has 2 amide bonds. The average molecular weight is 507 g/mol. The third-order valence-corrected chi connectivity index (χ3v) is 6.66. The molecule has 0 bridgehead atoms. The van der Waals surface area contributed by atoms with Crippen LogP contribution in [0, 0.1) is 0 Å². The van der Waals surface area contributed by atoms with Gasteiger partial charge in [-0.05, 0) is 67.1 Å². The molecule has 1 aliphatic heterocycles. The summed E-state index contributed by atoms with van der Waals surface area (Å²) in [4.78, 5) is 43.3. The van der Waals surface area contributed by atoms with Gasteiger partial charge in [-0.25, -0.2) is 9.69 Å². The fourth-order valence-electron chi connectivity index (χ4n) is 3.55. The van der Waals surface area contributed by atoms with Crippen molar-refractivity contribution >= 4 is 52.5 Å². The predicted octanol–water partition coefficient (Wildman–Crippen LogP) is 5.92. The van der Waals surface area contributed by atoms with Crippen LogP contribution in [0.4, 0.5) is 11.4 Å². The Morgan fingerprint density at radius 2 is 1.60 bits per heavy atom. The lowest BCUT2D eigenvalue weighted by molar-refractivity contribution is -0.120. The molecule has 0 saturated heterocycles. The van der Waals surface area contributed by atoms with Crippen molar-refractivity contribution in [2.45, 2.75) is 18.2 Å². The first-order valence-electron chi connectivity index (χ1n) is 11.0. The zero-order valence-electron chi connectivity index (χ0n) is 19.2. The van der Waals surface area contributed by atoms with Gasteiger partial charge in [0.15, 0.2) is 0 Å². The molecule has 0 unspecified atom stereocenters. The number of nitrogens with zero attached hydrogens (tertiary/aromatic N) is 2. The van der Waals surface area contributed by atoms with Gasteiger partial charge in [0.1, 0.15) is 10.6 Å². The molecule has 4 rings (SSSR count). The molecule has 35 heavy (non-hydrogen) atoms. The first-order valence-corrected chi connectivity index (χ1v) is 12.2. The number of ether oxygens (including phenoxy) is 1. The maximum Gasteiger partial charge on any atom is 0.338 e. The van der Waals surface area contributed by atoms with Crippen LogP contribution in [0.2, 0.25) is 5.02 Å². The standard InChI is InChI=1S/C27H23ClN2O4S/c1-3-17-34-27(33)18-9-13-21(14-10-18)30-25(31)23(29(2)20-7-5-4-6-8-20)24(26(30)32)35-22-15-11-19(28)12-16-22/h4-16H,3,17H2,1-2H3. The van der Waals surface area contributed by atoms with E-state index in [1.807, 2.05) is 37.3 Å². The maximum absolute atomic E-state index is 13.6. The van der Waals surface area contributed by atoms with Gasteiger partial charge in [-0.15, -0.1) is 0 Å². The van der Waals surface area contributed by atoms with Gasteiger partial charge in [0.25, 0.3) is 11.8 Å². The minimum atomic E-state index is -0.445. The molecule has 1 heterocycles. The van der Waals surface area contributed by atoms with E-state index in [2.05, 4.69) is 0 Å². The number of rotatable bonds is 8. The summed E-state index contributed by atoms with van der Waals surface area (Å²) in [5, 5.41) is 0.581. The lowest BCUT2D eigenvalue weighted by Crippen LogP contribution is -2.34. The van der Waals surface area contributed by atoms with Crippen LogP contribution in [0.1, 0.15) is 23.7 Å². The maximum atomic E-state index is 13.6. The topological polar surface area (TPSA) is 66.9 Å². The van der Waals surface area contributed by atoms with Crippen molar-refractivity contribution in [1.29, 1.82) is 0 Å². The Kier molecular flexibility index (Phi) is 7.58. The summed E-state index contributed by atoms with van der Waals surface area (Å²) in [5.74, 6) is -1.33. The zero-order chi connectivity index (χ0) is 24.9. The Morgan fingerprint density at radius 1 is 0.943 bits per heavy atom. The van der Waals surface area contributed by atoms with Gasteiger partial charge in [-0.1, -0.05) is 48.5 Å². The quantitative estimate of drug-likeness (QED) is 0.279. The zero-order valence-corrected chi connectivity index (χ0v) is 20.8. The number of imide groups is 1. The number of thioether (sulfide) groups is 1. The summed E-state index contributed by atoms with van der Waals surface area (Å²) in [6.45, 7) is 2.24. The monoisotopic (exact) mass is 506 g/mol. The van der Waals surface area contributed by atoms with Crippen LogP contribution >= 0.6 is 23.4 Å². The molecule has 0 aliphatic carbocycles. The number of benzene rings is 3. The van der Waals surface area contributed by atoms with Crippen molar-refractivity contribution in [2.75, 3.05) is 23.5 Å². The molecular weight excluding hydrogens is 484 g/mol. The van der Waals surface area contributed by atoms with Gasteiger partial charge in [0, 0.05) is 22.7 Å². The minimum absolute atomic E-state index is 0.271. The summed E-state index contributed by atoms with van der Waals surface area (Å²) in [6, 6.07) is 22.7. The molecule has 3 aromatic rings. The first-order chi connectivity index (χ1) is 16.9. The number of amides is 2. The van der Waals surface area contributed by atoms with E-state index in [0.717, 1.165) is 21.9 Å². The molecule has 3 aromatic carbocycles. The van der Waals surface area contributed by atoms with Gasteiger partial charge in [-0.2, -0.15) is 0 Å². The fourth-order valence-corrected chi connectivity index (χ4v) is 4.68. The van der Waals surface area contributed by atoms with Crippen molar-refractivity contribution in [3.8, 4) is 0 Å². The van der Waals surface area contributed by atoms with E-state index in [9.17, 15) is 14.4 Å². The summed E-state index contributed by atoms with van der Waals surface area (Å²) < 4.78 is 5.16. The summed E-state index contributed by atoms with van der Waals surface area (Å²) in [5.41, 5.74) is 1.77. The molecule has 8 heteroatoms. The number of carbonyl (C=O) groups excluding carboxylic acids is 3. The van der Waals surface area contributed by atoms with Gasteiger partial charge in [0.05, 0.1) is 17.9 Å². The Hall–Kier alpha value is -3.55. The minimum Gasteiger partial charge on any atom is -0.462 e. The third-order valence-electron chi connectivity index (χ3n) is 5.33. The molecule has 6 nitrogen and oxygen atoms in total. The van der Waals surface area contributed by atoms with Crippen molar-refractivity contribution in [3.63, 3.8) is 0 Å². The predicted molar refractivity (Wildman–Crippen MR) is 139 cm³/mol. The number of carbonyl (C=O) groups is 3. The average Bonchev–Trinajstić information content (AvgIpc) is 3.12. The number of anilines is 2. The van der Waals surface area contributed by atoms with Crippen molar-refractivity contribution in [3.05, 3.63) is 100 Å². The number of hydrogen-bond acceptors (Lipinski definition) is 6. The van der Waals surface area contributed by atoms with E-state index >= 15 is 0 Å². The van der Waals surface area contributed by atoms with E-state index in [1.165, 1.54) is 11.8 Å². The van der Waals surface area contributed by atoms with E-state index < -0.39 is 17.8 Å². The van der Waals surface area contributed by atoms with Gasteiger partial charge >= 0.3 is 5.97 Å². The van der Waals surface area contributed by atoms with E-state index in [0.29, 0.717) is 27.8 Å². The van der Waals surface area contributed by atoms with Crippen LogP contribution in [0.15, 0.2) is 94.4 Å². The normalized spacial score (nSPS) is 13.4. The van der Waals surface area contributed by atoms with Gasteiger partial charge in [0.2, 0.25) is 0 Å². The van der Waals surface area contributed by atoms with E-state index in [1.54, 1.807) is 60.5 Å². The second kappa shape index (κ2) is 10.8. The SMILES string of the molecule is CCCOC(=O)c1ccc(N2C(=O)C(Sc3ccc(Cl)cc3)=C(N(C)c3ccccc3)C2=O)cc1. The highest BCUT2D eigenvalue weighted by atomic mass is 35.5. The van der Waals surface area contributed by atoms with Crippen LogP contribution < -0.4 is 9.80 Å². The molecule has 1 aliphatic rings. The highest BCUT2D eigenvalue weighted by Crippen LogP contribution is 2.39. The second-order valence-corrected chi connectivity index (χ2v) is 9.28. The number of likely N-dealkylation sites (N-methyl/N-ethyl adjacent to an activating group) is 1. The molecule has 0 radical (unpaired) electrons. The van der Waals surface area contributed by atoms with Crippen LogP contribution in [-0.2, 0) is 14.3 Å². The molecule has 0 N–H and O–H groups in total.